The molecule has 0 bridgehead atoms. The van der Waals surface area contributed by atoms with Gasteiger partial charge in [0.1, 0.15) is 0 Å². The van der Waals surface area contributed by atoms with Crippen molar-refractivity contribution in [2.75, 3.05) is 6.61 Å². The van der Waals surface area contributed by atoms with Crippen LogP contribution in [-0.4, -0.2) is 16.4 Å². The van der Waals surface area contributed by atoms with Crippen molar-refractivity contribution in [3.8, 4) is 0 Å². The summed E-state index contributed by atoms with van der Waals surface area (Å²) in [6.45, 7) is 0.823. The number of fused-ring (bicyclic) bond motifs is 1. The van der Waals surface area contributed by atoms with Gasteiger partial charge in [-0.25, -0.2) is 4.68 Å². The number of benzene rings is 1. The summed E-state index contributed by atoms with van der Waals surface area (Å²) < 4.78 is 8.80. The SMILES string of the molecule is Clc1ccc2cnn(C3CCCCO3)c2c1I. The maximum absolute atomic E-state index is 6.17. The largest absolute Gasteiger partial charge is 0.356 e. The van der Waals surface area contributed by atoms with Crippen LogP contribution in [0.5, 0.6) is 0 Å². The van der Waals surface area contributed by atoms with Crippen molar-refractivity contribution in [3.05, 3.63) is 26.9 Å². The van der Waals surface area contributed by atoms with Gasteiger partial charge in [-0.2, -0.15) is 5.10 Å². The first-order valence-electron chi connectivity index (χ1n) is 5.70. The summed E-state index contributed by atoms with van der Waals surface area (Å²) in [5.41, 5.74) is 1.09. The molecule has 3 rings (SSSR count). The molecule has 0 radical (unpaired) electrons. The van der Waals surface area contributed by atoms with Crippen LogP contribution in [0.2, 0.25) is 5.02 Å². The fourth-order valence-electron chi connectivity index (χ4n) is 2.21. The van der Waals surface area contributed by atoms with E-state index in [0.29, 0.717) is 0 Å². The average molecular weight is 363 g/mol. The number of ether oxygens (including phenoxy) is 1. The van der Waals surface area contributed by atoms with Crippen molar-refractivity contribution < 1.29 is 4.74 Å². The fourth-order valence-corrected chi connectivity index (χ4v) is 3.10. The van der Waals surface area contributed by atoms with E-state index in [4.69, 9.17) is 16.3 Å². The number of aromatic nitrogens is 2. The molecule has 5 heteroatoms. The maximum Gasteiger partial charge on any atom is 0.150 e. The Morgan fingerprint density at radius 3 is 3.06 bits per heavy atom. The van der Waals surface area contributed by atoms with Gasteiger partial charge in [0.15, 0.2) is 6.23 Å². The van der Waals surface area contributed by atoms with Crippen molar-refractivity contribution in [2.45, 2.75) is 25.5 Å². The zero-order valence-corrected chi connectivity index (χ0v) is 12.1. The number of nitrogens with zero attached hydrogens (tertiary/aromatic N) is 2. The van der Waals surface area contributed by atoms with E-state index in [-0.39, 0.29) is 6.23 Å². The molecule has 1 aliphatic heterocycles. The molecule has 2 heterocycles. The van der Waals surface area contributed by atoms with Crippen molar-refractivity contribution >= 4 is 45.1 Å². The van der Waals surface area contributed by atoms with E-state index in [1.807, 2.05) is 23.0 Å². The molecule has 0 amide bonds. The summed E-state index contributed by atoms with van der Waals surface area (Å²) in [5, 5.41) is 6.34. The molecule has 1 aliphatic rings. The predicted molar refractivity (Wildman–Crippen MR) is 76.3 cm³/mol. The quantitative estimate of drug-likeness (QED) is 0.717. The molecule has 17 heavy (non-hydrogen) atoms. The summed E-state index contributed by atoms with van der Waals surface area (Å²) >= 11 is 8.44. The summed E-state index contributed by atoms with van der Waals surface area (Å²) in [6, 6.07) is 3.92. The normalized spacial score (nSPS) is 20.9. The van der Waals surface area contributed by atoms with Crippen LogP contribution in [0.1, 0.15) is 25.5 Å². The van der Waals surface area contributed by atoms with Crippen molar-refractivity contribution in [1.29, 1.82) is 0 Å². The molecule has 1 fully saturated rings. The van der Waals surface area contributed by atoms with Gasteiger partial charge in [0.2, 0.25) is 0 Å². The lowest BCUT2D eigenvalue weighted by Crippen LogP contribution is -2.19. The summed E-state index contributed by atoms with van der Waals surface area (Å²) in [7, 11) is 0. The fraction of sp³-hybridized carbons (Fsp3) is 0.417. The van der Waals surface area contributed by atoms with E-state index < -0.39 is 0 Å². The van der Waals surface area contributed by atoms with Gasteiger partial charge < -0.3 is 4.74 Å². The molecule has 0 saturated carbocycles. The summed E-state index contributed by atoms with van der Waals surface area (Å²) in [6.07, 6.45) is 5.32. The van der Waals surface area contributed by atoms with Crippen LogP contribution < -0.4 is 0 Å². The van der Waals surface area contributed by atoms with Crippen molar-refractivity contribution in [2.24, 2.45) is 0 Å². The minimum atomic E-state index is 0.0632. The Labute approximate surface area is 118 Å². The number of hydrogen-bond acceptors (Lipinski definition) is 2. The lowest BCUT2D eigenvalue weighted by Gasteiger charge is -2.23. The zero-order chi connectivity index (χ0) is 11.8. The third kappa shape index (κ3) is 2.06. The molecule has 1 aromatic carbocycles. The van der Waals surface area contributed by atoms with Crippen LogP contribution in [-0.2, 0) is 4.74 Å². The third-order valence-electron chi connectivity index (χ3n) is 3.08. The monoisotopic (exact) mass is 362 g/mol. The van der Waals surface area contributed by atoms with Gasteiger partial charge in [-0.05, 0) is 54.0 Å². The predicted octanol–water partition coefficient (Wildman–Crippen LogP) is 3.99. The van der Waals surface area contributed by atoms with Crippen LogP contribution >= 0.6 is 34.2 Å². The van der Waals surface area contributed by atoms with Gasteiger partial charge >= 0.3 is 0 Å². The molecular formula is C12H12ClIN2O. The van der Waals surface area contributed by atoms with Gasteiger partial charge in [-0.1, -0.05) is 11.6 Å². The van der Waals surface area contributed by atoms with E-state index in [1.165, 1.54) is 6.42 Å². The van der Waals surface area contributed by atoms with Crippen molar-refractivity contribution in [1.82, 2.24) is 9.78 Å². The second-order valence-electron chi connectivity index (χ2n) is 4.21. The topological polar surface area (TPSA) is 27.1 Å². The molecule has 0 aliphatic carbocycles. The van der Waals surface area contributed by atoms with E-state index >= 15 is 0 Å². The minimum absolute atomic E-state index is 0.0632. The molecule has 1 saturated heterocycles. The Morgan fingerprint density at radius 2 is 2.29 bits per heavy atom. The minimum Gasteiger partial charge on any atom is -0.356 e. The van der Waals surface area contributed by atoms with E-state index in [2.05, 4.69) is 27.7 Å². The molecular weight excluding hydrogens is 351 g/mol. The summed E-state index contributed by atoms with van der Waals surface area (Å²) in [4.78, 5) is 0. The van der Waals surface area contributed by atoms with Crippen LogP contribution in [0.4, 0.5) is 0 Å². The Balaban J connectivity index is 2.12. The Hall–Kier alpha value is -0.330. The molecule has 90 valence electrons. The molecule has 0 spiro atoms. The van der Waals surface area contributed by atoms with Crippen LogP contribution in [0.15, 0.2) is 18.3 Å². The lowest BCUT2D eigenvalue weighted by atomic mass is 10.2. The molecule has 3 nitrogen and oxygen atoms in total. The highest BCUT2D eigenvalue weighted by molar-refractivity contribution is 14.1. The van der Waals surface area contributed by atoms with Gasteiger partial charge in [0.25, 0.3) is 0 Å². The maximum atomic E-state index is 6.17. The summed E-state index contributed by atoms with van der Waals surface area (Å²) in [5.74, 6) is 0. The van der Waals surface area contributed by atoms with E-state index in [1.54, 1.807) is 0 Å². The van der Waals surface area contributed by atoms with E-state index in [9.17, 15) is 0 Å². The van der Waals surface area contributed by atoms with Crippen LogP contribution in [0.25, 0.3) is 10.9 Å². The highest BCUT2D eigenvalue weighted by atomic mass is 127. The zero-order valence-electron chi connectivity index (χ0n) is 9.20. The molecule has 1 aromatic heterocycles. The second kappa shape index (κ2) is 4.74. The standard InChI is InChI=1S/C12H12ClIN2O/c13-9-5-4-8-7-15-16(12(8)11(9)14)10-3-1-2-6-17-10/h4-5,7,10H,1-3,6H2. The first-order valence-corrected chi connectivity index (χ1v) is 7.16. The average Bonchev–Trinajstić information content (AvgIpc) is 2.79. The molecule has 1 atom stereocenters. The number of halogens is 2. The molecule has 0 N–H and O–H groups in total. The Bertz CT molecular complexity index is 549. The van der Waals surface area contributed by atoms with Crippen LogP contribution in [0.3, 0.4) is 0 Å². The second-order valence-corrected chi connectivity index (χ2v) is 5.70. The molecule has 2 aromatic rings. The van der Waals surface area contributed by atoms with Gasteiger partial charge in [-0.15, -0.1) is 0 Å². The highest BCUT2D eigenvalue weighted by Gasteiger charge is 2.20. The van der Waals surface area contributed by atoms with Crippen LogP contribution in [0, 0.1) is 3.57 Å². The Morgan fingerprint density at radius 1 is 1.41 bits per heavy atom. The highest BCUT2D eigenvalue weighted by Crippen LogP contribution is 2.31. The first-order chi connectivity index (χ1) is 8.27. The first kappa shape index (κ1) is 11.7. The van der Waals surface area contributed by atoms with Crippen molar-refractivity contribution in [3.63, 3.8) is 0 Å². The molecule has 1 unspecified atom stereocenters. The lowest BCUT2D eigenvalue weighted by molar-refractivity contribution is -0.0367. The number of hydrogen-bond donors (Lipinski definition) is 0. The van der Waals surface area contributed by atoms with Gasteiger partial charge in [-0.3, -0.25) is 0 Å². The smallest absolute Gasteiger partial charge is 0.150 e. The number of rotatable bonds is 1. The van der Waals surface area contributed by atoms with Gasteiger partial charge in [0.05, 0.1) is 20.3 Å². The Kier molecular flexibility index (Phi) is 3.28. The van der Waals surface area contributed by atoms with E-state index in [0.717, 1.165) is 38.9 Å². The van der Waals surface area contributed by atoms with Gasteiger partial charge in [0, 0.05) is 12.0 Å². The third-order valence-corrected chi connectivity index (χ3v) is 4.80.